The summed E-state index contributed by atoms with van der Waals surface area (Å²) in [7, 11) is 0. The second-order valence-corrected chi connectivity index (χ2v) is 6.79. The standard InChI is InChI=1S/C17H22N2O/c18-15-3-1-2-12-6-7-19(17(12)15)16(20)10-14-9-11-4-5-13(14)8-11/h1-3,11,13-14H,4-10,18H2. The van der Waals surface area contributed by atoms with Gasteiger partial charge in [-0.25, -0.2) is 0 Å². The van der Waals surface area contributed by atoms with Crippen LogP contribution in [-0.4, -0.2) is 12.5 Å². The van der Waals surface area contributed by atoms with Crippen molar-refractivity contribution >= 4 is 17.3 Å². The Morgan fingerprint density at radius 1 is 1.30 bits per heavy atom. The Morgan fingerprint density at radius 3 is 2.95 bits per heavy atom. The van der Waals surface area contributed by atoms with Crippen LogP contribution in [0.3, 0.4) is 0 Å². The van der Waals surface area contributed by atoms with Gasteiger partial charge < -0.3 is 10.6 Å². The van der Waals surface area contributed by atoms with Crippen molar-refractivity contribution in [3.63, 3.8) is 0 Å². The quantitative estimate of drug-likeness (QED) is 0.840. The summed E-state index contributed by atoms with van der Waals surface area (Å²) in [6.07, 6.45) is 7.08. The molecule has 3 atom stereocenters. The van der Waals surface area contributed by atoms with Crippen molar-refractivity contribution in [3.8, 4) is 0 Å². The molecule has 1 aliphatic heterocycles. The predicted octanol–water partition coefficient (Wildman–Crippen LogP) is 2.98. The summed E-state index contributed by atoms with van der Waals surface area (Å²) in [6, 6.07) is 5.98. The van der Waals surface area contributed by atoms with Crippen LogP contribution in [0.25, 0.3) is 0 Å². The molecule has 3 nitrogen and oxygen atoms in total. The Morgan fingerprint density at radius 2 is 2.20 bits per heavy atom. The van der Waals surface area contributed by atoms with Crippen molar-refractivity contribution < 1.29 is 4.79 Å². The molecule has 3 aliphatic rings. The molecule has 0 saturated heterocycles. The second-order valence-electron chi connectivity index (χ2n) is 6.79. The fraction of sp³-hybridized carbons (Fsp3) is 0.588. The lowest BCUT2D eigenvalue weighted by atomic mass is 9.86. The number of hydrogen-bond donors (Lipinski definition) is 1. The number of hydrogen-bond acceptors (Lipinski definition) is 2. The molecule has 0 spiro atoms. The maximum Gasteiger partial charge on any atom is 0.227 e. The van der Waals surface area contributed by atoms with E-state index in [2.05, 4.69) is 6.07 Å². The molecule has 4 rings (SSSR count). The highest BCUT2D eigenvalue weighted by atomic mass is 16.2. The molecule has 106 valence electrons. The average Bonchev–Trinajstić information content (AvgIpc) is 3.12. The van der Waals surface area contributed by atoms with E-state index in [9.17, 15) is 4.79 Å². The molecule has 0 radical (unpaired) electrons. The number of fused-ring (bicyclic) bond motifs is 3. The summed E-state index contributed by atoms with van der Waals surface area (Å²) >= 11 is 0. The molecule has 2 aliphatic carbocycles. The zero-order valence-electron chi connectivity index (χ0n) is 11.8. The first-order chi connectivity index (χ1) is 9.72. The maximum absolute atomic E-state index is 12.7. The molecule has 20 heavy (non-hydrogen) atoms. The summed E-state index contributed by atoms with van der Waals surface area (Å²) < 4.78 is 0. The van der Waals surface area contributed by atoms with Crippen LogP contribution < -0.4 is 10.6 Å². The minimum Gasteiger partial charge on any atom is -0.397 e. The van der Waals surface area contributed by atoms with Crippen LogP contribution in [0, 0.1) is 17.8 Å². The van der Waals surface area contributed by atoms with Gasteiger partial charge in [-0.2, -0.15) is 0 Å². The van der Waals surface area contributed by atoms with Gasteiger partial charge in [0.25, 0.3) is 0 Å². The molecule has 2 fully saturated rings. The number of nitrogens with zero attached hydrogens (tertiary/aromatic N) is 1. The number of carbonyl (C=O) groups is 1. The number of nitrogens with two attached hydrogens (primary N) is 1. The highest BCUT2D eigenvalue weighted by molar-refractivity contribution is 5.98. The van der Waals surface area contributed by atoms with Crippen molar-refractivity contribution in [3.05, 3.63) is 23.8 Å². The van der Waals surface area contributed by atoms with Gasteiger partial charge in [-0.05, 0) is 55.1 Å². The Labute approximate surface area is 120 Å². The van der Waals surface area contributed by atoms with E-state index in [0.717, 1.165) is 42.6 Å². The molecular formula is C17H22N2O. The number of benzene rings is 1. The van der Waals surface area contributed by atoms with Gasteiger partial charge >= 0.3 is 0 Å². The van der Waals surface area contributed by atoms with Crippen LogP contribution in [-0.2, 0) is 11.2 Å². The minimum atomic E-state index is 0.291. The number of carbonyl (C=O) groups excluding carboxylic acids is 1. The number of rotatable bonds is 2. The van der Waals surface area contributed by atoms with E-state index in [4.69, 9.17) is 5.73 Å². The topological polar surface area (TPSA) is 46.3 Å². The van der Waals surface area contributed by atoms with Crippen LogP contribution in [0.15, 0.2) is 18.2 Å². The van der Waals surface area contributed by atoms with Gasteiger partial charge in [-0.1, -0.05) is 18.6 Å². The fourth-order valence-electron chi connectivity index (χ4n) is 4.70. The van der Waals surface area contributed by atoms with Gasteiger partial charge in [-0.15, -0.1) is 0 Å². The lowest BCUT2D eigenvalue weighted by molar-refractivity contribution is -0.119. The summed E-state index contributed by atoms with van der Waals surface area (Å²) in [5.41, 5.74) is 9.04. The van der Waals surface area contributed by atoms with E-state index in [1.54, 1.807) is 0 Å². The molecule has 1 aromatic carbocycles. The van der Waals surface area contributed by atoms with Gasteiger partial charge in [0, 0.05) is 13.0 Å². The summed E-state index contributed by atoms with van der Waals surface area (Å²) in [4.78, 5) is 14.6. The molecule has 1 amide bonds. The summed E-state index contributed by atoms with van der Waals surface area (Å²) in [5.74, 6) is 2.65. The monoisotopic (exact) mass is 270 g/mol. The molecule has 2 N–H and O–H groups in total. The average molecular weight is 270 g/mol. The molecule has 0 aromatic heterocycles. The van der Waals surface area contributed by atoms with Gasteiger partial charge in [0.1, 0.15) is 0 Å². The Hall–Kier alpha value is -1.51. The minimum absolute atomic E-state index is 0.291. The fourth-order valence-corrected chi connectivity index (χ4v) is 4.70. The van der Waals surface area contributed by atoms with Crippen molar-refractivity contribution in [2.45, 2.75) is 38.5 Å². The van der Waals surface area contributed by atoms with Crippen molar-refractivity contribution in [1.82, 2.24) is 0 Å². The molecule has 3 unspecified atom stereocenters. The highest BCUT2D eigenvalue weighted by Crippen LogP contribution is 2.50. The molecule has 3 heteroatoms. The molecule has 2 bridgehead atoms. The zero-order valence-corrected chi connectivity index (χ0v) is 11.8. The van der Waals surface area contributed by atoms with Crippen molar-refractivity contribution in [2.24, 2.45) is 17.8 Å². The maximum atomic E-state index is 12.7. The lowest BCUT2D eigenvalue weighted by Crippen LogP contribution is -2.32. The van der Waals surface area contributed by atoms with E-state index >= 15 is 0 Å². The van der Waals surface area contributed by atoms with Crippen LogP contribution >= 0.6 is 0 Å². The third kappa shape index (κ3) is 1.83. The van der Waals surface area contributed by atoms with E-state index in [-0.39, 0.29) is 0 Å². The third-order valence-electron chi connectivity index (χ3n) is 5.65. The number of amides is 1. The molecule has 1 heterocycles. The Bertz CT molecular complexity index is 554. The first kappa shape index (κ1) is 12.2. The van der Waals surface area contributed by atoms with E-state index in [1.165, 1.54) is 31.2 Å². The first-order valence-corrected chi connectivity index (χ1v) is 7.90. The Kier molecular flexibility index (Phi) is 2.76. The normalized spacial score (nSPS) is 30.8. The lowest BCUT2D eigenvalue weighted by Gasteiger charge is -2.25. The van der Waals surface area contributed by atoms with E-state index in [1.807, 2.05) is 17.0 Å². The van der Waals surface area contributed by atoms with E-state index in [0.29, 0.717) is 11.8 Å². The van der Waals surface area contributed by atoms with Crippen LogP contribution in [0.5, 0.6) is 0 Å². The largest absolute Gasteiger partial charge is 0.397 e. The van der Waals surface area contributed by atoms with Gasteiger partial charge in [0.05, 0.1) is 11.4 Å². The Balaban J connectivity index is 1.51. The summed E-state index contributed by atoms with van der Waals surface area (Å²) in [5, 5.41) is 0. The van der Waals surface area contributed by atoms with Gasteiger partial charge in [0.15, 0.2) is 0 Å². The molecule has 2 saturated carbocycles. The number of anilines is 2. The molecule has 1 aromatic rings. The SMILES string of the molecule is Nc1cccc2c1N(C(=O)CC1CC3CCC1C3)CC2. The number of para-hydroxylation sites is 1. The van der Waals surface area contributed by atoms with Gasteiger partial charge in [0.2, 0.25) is 5.91 Å². The third-order valence-corrected chi connectivity index (χ3v) is 5.65. The summed E-state index contributed by atoms with van der Waals surface area (Å²) in [6.45, 7) is 0.809. The van der Waals surface area contributed by atoms with Crippen LogP contribution in [0.2, 0.25) is 0 Å². The first-order valence-electron chi connectivity index (χ1n) is 7.90. The predicted molar refractivity (Wildman–Crippen MR) is 80.5 cm³/mol. The van der Waals surface area contributed by atoms with Crippen LogP contribution in [0.4, 0.5) is 11.4 Å². The smallest absolute Gasteiger partial charge is 0.227 e. The van der Waals surface area contributed by atoms with E-state index < -0.39 is 0 Å². The van der Waals surface area contributed by atoms with Crippen LogP contribution in [0.1, 0.15) is 37.7 Å². The van der Waals surface area contributed by atoms with Crippen molar-refractivity contribution in [2.75, 3.05) is 17.2 Å². The van der Waals surface area contributed by atoms with Gasteiger partial charge in [-0.3, -0.25) is 4.79 Å². The highest BCUT2D eigenvalue weighted by Gasteiger charge is 2.41. The molecular weight excluding hydrogens is 248 g/mol. The number of nitrogen functional groups attached to an aromatic ring is 1. The van der Waals surface area contributed by atoms with Crippen molar-refractivity contribution in [1.29, 1.82) is 0 Å². The second kappa shape index (κ2) is 4.51. The zero-order chi connectivity index (χ0) is 13.7.